The first-order valence-electron chi connectivity index (χ1n) is 5.73. The second-order valence-corrected chi connectivity index (χ2v) is 5.93. The Kier molecular flexibility index (Phi) is 3.15. The second kappa shape index (κ2) is 4.28. The lowest BCUT2D eigenvalue weighted by atomic mass is 10.0. The number of carbonyl (C=O) groups is 2. The van der Waals surface area contributed by atoms with Gasteiger partial charge in [-0.3, -0.25) is 9.59 Å². The third-order valence-electron chi connectivity index (χ3n) is 3.55. The fourth-order valence-electron chi connectivity index (χ4n) is 2.64. The minimum Gasteiger partial charge on any atom is -0.343 e. The van der Waals surface area contributed by atoms with E-state index in [1.165, 1.54) is 0 Å². The molecule has 0 bridgehead atoms. The van der Waals surface area contributed by atoms with E-state index in [0.29, 0.717) is 0 Å². The van der Waals surface area contributed by atoms with Crippen molar-refractivity contribution in [1.82, 2.24) is 9.80 Å². The number of likely N-dealkylation sites (tertiary alicyclic amines) is 1. The quantitative estimate of drug-likeness (QED) is 0.634. The molecule has 0 saturated carbocycles. The van der Waals surface area contributed by atoms with Gasteiger partial charge in [-0.1, -0.05) is 0 Å². The molecule has 90 valence electrons. The second-order valence-electron chi connectivity index (χ2n) is 4.47. The maximum Gasteiger partial charge on any atom is 0.220 e. The van der Waals surface area contributed by atoms with Crippen LogP contribution in [0.1, 0.15) is 26.7 Å². The Morgan fingerprint density at radius 2 is 1.69 bits per heavy atom. The lowest BCUT2D eigenvalue weighted by Gasteiger charge is -2.43. The fourth-order valence-corrected chi connectivity index (χ4v) is 4.14. The van der Waals surface area contributed by atoms with Crippen molar-refractivity contribution in [1.29, 1.82) is 0 Å². The number of hydrogen-bond acceptors (Lipinski definition) is 3. The van der Waals surface area contributed by atoms with E-state index < -0.39 is 0 Å². The lowest BCUT2D eigenvalue weighted by molar-refractivity contribution is -0.134. The minimum absolute atomic E-state index is 0.0161. The summed E-state index contributed by atoms with van der Waals surface area (Å²) < 4.78 is 0. The molecule has 16 heavy (non-hydrogen) atoms. The first-order valence-corrected chi connectivity index (χ1v) is 6.71. The normalized spacial score (nSPS) is 23.9. The van der Waals surface area contributed by atoms with Gasteiger partial charge in [0.2, 0.25) is 11.8 Å². The van der Waals surface area contributed by atoms with Crippen molar-refractivity contribution in [3.63, 3.8) is 0 Å². The molecule has 0 aliphatic carbocycles. The Bertz CT molecular complexity index is 311. The van der Waals surface area contributed by atoms with Crippen molar-refractivity contribution >= 4 is 23.6 Å². The Morgan fingerprint density at radius 1 is 1.06 bits per heavy atom. The third-order valence-corrected chi connectivity index (χ3v) is 5.10. The van der Waals surface area contributed by atoms with Crippen molar-refractivity contribution in [3.05, 3.63) is 0 Å². The maximum atomic E-state index is 11.6. The Morgan fingerprint density at radius 3 is 2.19 bits per heavy atom. The van der Waals surface area contributed by atoms with Gasteiger partial charge in [0.1, 0.15) is 0 Å². The first-order chi connectivity index (χ1) is 7.55. The van der Waals surface area contributed by atoms with Crippen LogP contribution < -0.4 is 0 Å². The summed E-state index contributed by atoms with van der Waals surface area (Å²) in [6, 6.07) is 0. The summed E-state index contributed by atoms with van der Waals surface area (Å²) in [4.78, 5) is 26.7. The van der Waals surface area contributed by atoms with E-state index in [4.69, 9.17) is 0 Å². The Balaban J connectivity index is 2.05. The van der Waals surface area contributed by atoms with Gasteiger partial charge in [0.05, 0.1) is 4.87 Å². The molecule has 0 radical (unpaired) electrons. The standard InChI is InChI=1S/C11H18N2O2S/c1-9(14)12-5-3-11(4-6-12)13(10(2)15)7-8-16-11/h3-8H2,1-2H3. The van der Waals surface area contributed by atoms with E-state index in [9.17, 15) is 9.59 Å². The molecular weight excluding hydrogens is 224 g/mol. The van der Waals surface area contributed by atoms with Crippen LogP contribution in [0.5, 0.6) is 0 Å². The number of rotatable bonds is 0. The third kappa shape index (κ3) is 1.93. The van der Waals surface area contributed by atoms with Gasteiger partial charge in [-0.25, -0.2) is 0 Å². The van der Waals surface area contributed by atoms with Gasteiger partial charge in [-0.15, -0.1) is 11.8 Å². The highest BCUT2D eigenvalue weighted by atomic mass is 32.2. The highest BCUT2D eigenvalue weighted by Gasteiger charge is 2.45. The molecule has 4 nitrogen and oxygen atoms in total. The van der Waals surface area contributed by atoms with Crippen molar-refractivity contribution in [3.8, 4) is 0 Å². The molecule has 0 N–H and O–H groups in total. The summed E-state index contributed by atoms with van der Waals surface area (Å²) in [5.41, 5.74) is 0. The molecule has 2 saturated heterocycles. The SMILES string of the molecule is CC(=O)N1CCC2(CC1)SCCN2C(C)=O. The maximum absolute atomic E-state index is 11.6. The molecule has 0 atom stereocenters. The minimum atomic E-state index is -0.0161. The van der Waals surface area contributed by atoms with E-state index in [0.717, 1.165) is 38.2 Å². The lowest BCUT2D eigenvalue weighted by Crippen LogP contribution is -2.52. The number of thioether (sulfide) groups is 1. The molecule has 5 heteroatoms. The summed E-state index contributed by atoms with van der Waals surface area (Å²) >= 11 is 1.88. The van der Waals surface area contributed by atoms with Gasteiger partial charge >= 0.3 is 0 Å². The zero-order valence-electron chi connectivity index (χ0n) is 9.86. The molecule has 2 heterocycles. The molecule has 0 aromatic rings. The van der Waals surface area contributed by atoms with E-state index in [1.807, 2.05) is 21.6 Å². The number of piperidine rings is 1. The summed E-state index contributed by atoms with van der Waals surface area (Å²) in [6.07, 6.45) is 1.83. The molecule has 2 amide bonds. The van der Waals surface area contributed by atoms with Gasteiger partial charge < -0.3 is 9.80 Å². The smallest absolute Gasteiger partial charge is 0.220 e. The zero-order chi connectivity index (χ0) is 11.8. The zero-order valence-corrected chi connectivity index (χ0v) is 10.7. The molecule has 2 fully saturated rings. The molecule has 0 aromatic carbocycles. The van der Waals surface area contributed by atoms with E-state index >= 15 is 0 Å². The van der Waals surface area contributed by atoms with Gasteiger partial charge in [0, 0.05) is 39.2 Å². The van der Waals surface area contributed by atoms with Gasteiger partial charge in [0.15, 0.2) is 0 Å². The van der Waals surface area contributed by atoms with Gasteiger partial charge in [-0.05, 0) is 12.8 Å². The Labute approximate surface area is 100 Å². The summed E-state index contributed by atoms with van der Waals surface area (Å²) in [5, 5.41) is 0. The van der Waals surface area contributed by atoms with Crippen LogP contribution in [0.25, 0.3) is 0 Å². The highest BCUT2D eigenvalue weighted by molar-refractivity contribution is 8.00. The topological polar surface area (TPSA) is 40.6 Å². The van der Waals surface area contributed by atoms with Crippen LogP contribution in [-0.4, -0.2) is 51.9 Å². The van der Waals surface area contributed by atoms with Crippen molar-refractivity contribution < 1.29 is 9.59 Å². The van der Waals surface area contributed by atoms with Crippen molar-refractivity contribution in [2.45, 2.75) is 31.6 Å². The van der Waals surface area contributed by atoms with Crippen molar-refractivity contribution in [2.75, 3.05) is 25.4 Å². The van der Waals surface area contributed by atoms with Crippen molar-refractivity contribution in [2.24, 2.45) is 0 Å². The fraction of sp³-hybridized carbons (Fsp3) is 0.818. The number of carbonyl (C=O) groups excluding carboxylic acids is 2. The van der Waals surface area contributed by atoms with E-state index in [1.54, 1.807) is 13.8 Å². The molecule has 2 aliphatic rings. The molecular formula is C11H18N2O2S. The molecule has 2 rings (SSSR count). The summed E-state index contributed by atoms with van der Waals surface area (Å²) in [6.45, 7) is 5.69. The average Bonchev–Trinajstić information content (AvgIpc) is 2.62. The molecule has 0 unspecified atom stereocenters. The Hall–Kier alpha value is -0.710. The van der Waals surface area contributed by atoms with Crippen LogP contribution in [-0.2, 0) is 9.59 Å². The molecule has 2 aliphatic heterocycles. The van der Waals surface area contributed by atoms with Crippen LogP contribution in [0, 0.1) is 0 Å². The average molecular weight is 242 g/mol. The largest absolute Gasteiger partial charge is 0.343 e. The number of amides is 2. The van der Waals surface area contributed by atoms with Crippen LogP contribution in [0.4, 0.5) is 0 Å². The highest BCUT2D eigenvalue weighted by Crippen LogP contribution is 2.43. The van der Waals surface area contributed by atoms with Crippen LogP contribution in [0.3, 0.4) is 0 Å². The van der Waals surface area contributed by atoms with Gasteiger partial charge in [-0.2, -0.15) is 0 Å². The first kappa shape index (κ1) is 11.8. The predicted molar refractivity (Wildman–Crippen MR) is 64.1 cm³/mol. The van der Waals surface area contributed by atoms with Crippen LogP contribution >= 0.6 is 11.8 Å². The monoisotopic (exact) mass is 242 g/mol. The van der Waals surface area contributed by atoms with E-state index in [2.05, 4.69) is 0 Å². The molecule has 0 aromatic heterocycles. The predicted octanol–water partition coefficient (Wildman–Crippen LogP) is 0.920. The molecule has 1 spiro atoms. The van der Waals surface area contributed by atoms with Gasteiger partial charge in [0.25, 0.3) is 0 Å². The summed E-state index contributed by atoms with van der Waals surface area (Å²) in [5.74, 6) is 1.34. The number of nitrogens with zero attached hydrogens (tertiary/aromatic N) is 2. The summed E-state index contributed by atoms with van der Waals surface area (Å²) in [7, 11) is 0. The van der Waals surface area contributed by atoms with Crippen LogP contribution in [0.2, 0.25) is 0 Å². The number of hydrogen-bond donors (Lipinski definition) is 0. The van der Waals surface area contributed by atoms with E-state index in [-0.39, 0.29) is 16.7 Å². The van der Waals surface area contributed by atoms with Crippen LogP contribution in [0.15, 0.2) is 0 Å².